The van der Waals surface area contributed by atoms with Crippen LogP contribution in [0.5, 0.6) is 0 Å². The van der Waals surface area contributed by atoms with E-state index >= 15 is 0 Å². The van der Waals surface area contributed by atoms with E-state index in [1.807, 2.05) is 11.6 Å². The van der Waals surface area contributed by atoms with Crippen molar-refractivity contribution in [2.45, 2.75) is 39.2 Å². The van der Waals surface area contributed by atoms with E-state index in [0.29, 0.717) is 29.6 Å². The summed E-state index contributed by atoms with van der Waals surface area (Å²) in [5.74, 6) is 0.835. The lowest BCUT2D eigenvalue weighted by Gasteiger charge is -2.29. The van der Waals surface area contributed by atoms with Crippen molar-refractivity contribution in [3.05, 3.63) is 16.9 Å². The molecule has 3 nitrogen and oxygen atoms in total. The fourth-order valence-corrected chi connectivity index (χ4v) is 2.31. The van der Waals surface area contributed by atoms with Crippen molar-refractivity contribution < 1.29 is 4.79 Å². The van der Waals surface area contributed by atoms with E-state index in [1.54, 1.807) is 6.20 Å². The van der Waals surface area contributed by atoms with E-state index in [0.717, 1.165) is 12.1 Å². The fourth-order valence-electron chi connectivity index (χ4n) is 2.18. The molecule has 0 bridgehead atoms. The van der Waals surface area contributed by atoms with Crippen molar-refractivity contribution in [2.24, 2.45) is 5.92 Å². The number of hydrogen-bond donors (Lipinski definition) is 0. The van der Waals surface area contributed by atoms with Gasteiger partial charge in [0.05, 0.1) is 23.0 Å². The summed E-state index contributed by atoms with van der Waals surface area (Å²) < 4.78 is 1.91. The Morgan fingerprint density at radius 2 is 2.33 bits per heavy atom. The lowest BCUT2D eigenvalue weighted by molar-refractivity contribution is -0.122. The summed E-state index contributed by atoms with van der Waals surface area (Å²) >= 11 is 5.96. The molecule has 1 aromatic heterocycles. The number of hydrogen-bond acceptors (Lipinski definition) is 2. The molecule has 0 N–H and O–H groups in total. The highest BCUT2D eigenvalue weighted by Crippen LogP contribution is 2.33. The first kappa shape index (κ1) is 10.7. The minimum absolute atomic E-state index is 0.193. The van der Waals surface area contributed by atoms with Gasteiger partial charge in [0.2, 0.25) is 0 Å². The maximum absolute atomic E-state index is 11.4. The molecule has 1 heterocycles. The van der Waals surface area contributed by atoms with Crippen LogP contribution in [0.15, 0.2) is 6.20 Å². The van der Waals surface area contributed by atoms with Gasteiger partial charge in [-0.05, 0) is 19.3 Å². The van der Waals surface area contributed by atoms with Crippen molar-refractivity contribution in [3.8, 4) is 0 Å². The molecule has 82 valence electrons. The first-order chi connectivity index (χ1) is 7.09. The highest BCUT2D eigenvalue weighted by molar-refractivity contribution is 6.31. The zero-order chi connectivity index (χ0) is 11.0. The number of ketones is 1. The summed E-state index contributed by atoms with van der Waals surface area (Å²) in [5.41, 5.74) is 0.961. The standard InChI is InChI=1S/C11H15ClN2O/c1-7-3-4-9(15)5-11(7)14-8(2)10(12)6-13-14/h6-7,11H,3-5H2,1-2H3. The van der Waals surface area contributed by atoms with Crippen LogP contribution in [0.3, 0.4) is 0 Å². The van der Waals surface area contributed by atoms with Gasteiger partial charge in [-0.15, -0.1) is 0 Å². The Bertz CT molecular complexity index is 386. The van der Waals surface area contributed by atoms with Gasteiger partial charge >= 0.3 is 0 Å². The normalized spacial score (nSPS) is 27.0. The van der Waals surface area contributed by atoms with Crippen LogP contribution >= 0.6 is 11.6 Å². The van der Waals surface area contributed by atoms with Gasteiger partial charge in [0.25, 0.3) is 0 Å². The number of nitrogens with zero attached hydrogens (tertiary/aromatic N) is 2. The Morgan fingerprint density at radius 1 is 1.60 bits per heavy atom. The predicted octanol–water partition coefficient (Wildman–Crippen LogP) is 2.78. The summed E-state index contributed by atoms with van der Waals surface area (Å²) in [6.45, 7) is 4.12. The average molecular weight is 227 g/mol. The maximum Gasteiger partial charge on any atom is 0.135 e. The second-order valence-electron chi connectivity index (χ2n) is 4.35. The molecule has 0 radical (unpaired) electrons. The van der Waals surface area contributed by atoms with Crippen molar-refractivity contribution in [1.82, 2.24) is 9.78 Å². The number of rotatable bonds is 1. The van der Waals surface area contributed by atoms with E-state index in [1.165, 1.54) is 0 Å². The van der Waals surface area contributed by atoms with Crippen LogP contribution in [-0.2, 0) is 4.79 Å². The molecule has 1 aliphatic carbocycles. The second kappa shape index (κ2) is 3.97. The minimum Gasteiger partial charge on any atom is -0.300 e. The first-order valence-corrected chi connectivity index (χ1v) is 5.68. The molecule has 0 aliphatic heterocycles. The molecule has 2 rings (SSSR count). The Balaban J connectivity index is 2.28. The quantitative estimate of drug-likeness (QED) is 0.738. The number of Topliss-reactive ketones (excluding diaryl/α,β-unsaturated/α-hetero) is 1. The highest BCUT2D eigenvalue weighted by Gasteiger charge is 2.29. The van der Waals surface area contributed by atoms with Gasteiger partial charge in [0, 0.05) is 12.8 Å². The van der Waals surface area contributed by atoms with E-state index in [4.69, 9.17) is 11.6 Å². The Hall–Kier alpha value is -0.830. The van der Waals surface area contributed by atoms with Gasteiger partial charge in [0.1, 0.15) is 5.78 Å². The summed E-state index contributed by atoms with van der Waals surface area (Å²) in [6.07, 6.45) is 3.93. The molecule has 1 aliphatic rings. The van der Waals surface area contributed by atoms with Crippen LogP contribution < -0.4 is 0 Å². The van der Waals surface area contributed by atoms with Crippen LogP contribution in [0, 0.1) is 12.8 Å². The van der Waals surface area contributed by atoms with Crippen molar-refractivity contribution in [2.75, 3.05) is 0 Å². The third-order valence-electron chi connectivity index (χ3n) is 3.27. The minimum atomic E-state index is 0.193. The molecule has 0 amide bonds. The molecule has 2 unspecified atom stereocenters. The van der Waals surface area contributed by atoms with Gasteiger partial charge in [-0.3, -0.25) is 9.48 Å². The topological polar surface area (TPSA) is 34.9 Å². The SMILES string of the molecule is Cc1c(Cl)cnn1C1CC(=O)CCC1C. The third kappa shape index (κ3) is 1.93. The van der Waals surface area contributed by atoms with Gasteiger partial charge < -0.3 is 0 Å². The fraction of sp³-hybridized carbons (Fsp3) is 0.636. The molecule has 1 fully saturated rings. The van der Waals surface area contributed by atoms with E-state index < -0.39 is 0 Å². The monoisotopic (exact) mass is 226 g/mol. The predicted molar refractivity (Wildman–Crippen MR) is 59.0 cm³/mol. The van der Waals surface area contributed by atoms with Gasteiger partial charge in [-0.2, -0.15) is 5.10 Å². The van der Waals surface area contributed by atoms with E-state index in [2.05, 4.69) is 12.0 Å². The van der Waals surface area contributed by atoms with Crippen molar-refractivity contribution in [1.29, 1.82) is 0 Å². The first-order valence-electron chi connectivity index (χ1n) is 5.31. The Labute approximate surface area is 94.4 Å². The van der Waals surface area contributed by atoms with Crippen LogP contribution in [-0.4, -0.2) is 15.6 Å². The van der Waals surface area contributed by atoms with E-state index in [-0.39, 0.29) is 6.04 Å². The van der Waals surface area contributed by atoms with Gasteiger partial charge in [-0.25, -0.2) is 0 Å². The highest BCUT2D eigenvalue weighted by atomic mass is 35.5. The molecule has 0 aromatic carbocycles. The molecular formula is C11H15ClN2O. The Morgan fingerprint density at radius 3 is 2.93 bits per heavy atom. The largest absolute Gasteiger partial charge is 0.300 e. The lowest BCUT2D eigenvalue weighted by atomic mass is 9.85. The smallest absolute Gasteiger partial charge is 0.135 e. The summed E-state index contributed by atoms with van der Waals surface area (Å²) in [4.78, 5) is 11.4. The molecule has 0 saturated heterocycles. The van der Waals surface area contributed by atoms with Crippen LogP contribution in [0.4, 0.5) is 0 Å². The van der Waals surface area contributed by atoms with Crippen molar-refractivity contribution >= 4 is 17.4 Å². The maximum atomic E-state index is 11.4. The van der Waals surface area contributed by atoms with Crippen LogP contribution in [0.1, 0.15) is 37.9 Å². The molecule has 1 saturated carbocycles. The summed E-state index contributed by atoms with van der Waals surface area (Å²) in [5, 5.41) is 4.94. The summed E-state index contributed by atoms with van der Waals surface area (Å²) in [7, 11) is 0. The zero-order valence-corrected chi connectivity index (χ0v) is 9.79. The lowest BCUT2D eigenvalue weighted by Crippen LogP contribution is -2.27. The number of carbonyl (C=O) groups excluding carboxylic acids is 1. The van der Waals surface area contributed by atoms with Gasteiger partial charge in [-0.1, -0.05) is 18.5 Å². The summed E-state index contributed by atoms with van der Waals surface area (Å²) in [6, 6.07) is 0.193. The number of aromatic nitrogens is 2. The second-order valence-corrected chi connectivity index (χ2v) is 4.76. The van der Waals surface area contributed by atoms with E-state index in [9.17, 15) is 4.79 Å². The number of halogens is 1. The van der Waals surface area contributed by atoms with Crippen LogP contribution in [0.2, 0.25) is 5.02 Å². The molecular weight excluding hydrogens is 212 g/mol. The molecule has 4 heteroatoms. The Kier molecular flexibility index (Phi) is 2.83. The van der Waals surface area contributed by atoms with Crippen LogP contribution in [0.25, 0.3) is 0 Å². The third-order valence-corrected chi connectivity index (χ3v) is 3.64. The molecule has 1 aromatic rings. The molecule has 0 spiro atoms. The van der Waals surface area contributed by atoms with Gasteiger partial charge in [0.15, 0.2) is 0 Å². The average Bonchev–Trinajstić information content (AvgIpc) is 2.52. The zero-order valence-electron chi connectivity index (χ0n) is 9.03. The number of carbonyl (C=O) groups is 1. The molecule has 15 heavy (non-hydrogen) atoms. The van der Waals surface area contributed by atoms with Crippen molar-refractivity contribution in [3.63, 3.8) is 0 Å². The molecule has 2 atom stereocenters.